The minimum Gasteiger partial charge on any atom is -0.466 e. The molecule has 4 nitrogen and oxygen atoms in total. The fourth-order valence-corrected chi connectivity index (χ4v) is 2.44. The Balaban J connectivity index is 1.96. The van der Waals surface area contributed by atoms with Gasteiger partial charge in [0.1, 0.15) is 11.5 Å². The summed E-state index contributed by atoms with van der Waals surface area (Å²) in [6.07, 6.45) is 0.531. The maximum Gasteiger partial charge on any atom is 0.237 e. The SMILES string of the molecule is Cc1cc(C(C)NC(=O)[C@H](N)Cc2ccccc2)c(C)o1. The van der Waals surface area contributed by atoms with Gasteiger partial charge < -0.3 is 15.5 Å². The Morgan fingerprint density at radius 3 is 2.52 bits per heavy atom. The van der Waals surface area contributed by atoms with Crippen LogP contribution in [0.15, 0.2) is 40.8 Å². The van der Waals surface area contributed by atoms with Gasteiger partial charge in [-0.2, -0.15) is 0 Å². The fourth-order valence-electron chi connectivity index (χ4n) is 2.44. The monoisotopic (exact) mass is 286 g/mol. The third kappa shape index (κ3) is 3.95. The van der Waals surface area contributed by atoms with Gasteiger partial charge in [0.15, 0.2) is 0 Å². The maximum absolute atomic E-state index is 12.2. The van der Waals surface area contributed by atoms with Crippen LogP contribution in [0, 0.1) is 13.8 Å². The van der Waals surface area contributed by atoms with Crippen LogP contribution in [-0.2, 0) is 11.2 Å². The molecule has 1 amide bonds. The summed E-state index contributed by atoms with van der Waals surface area (Å²) in [5.74, 6) is 1.53. The molecule has 21 heavy (non-hydrogen) atoms. The molecule has 0 aliphatic rings. The van der Waals surface area contributed by atoms with Gasteiger partial charge in [-0.3, -0.25) is 4.79 Å². The van der Waals surface area contributed by atoms with Gasteiger partial charge in [-0.05, 0) is 38.8 Å². The Morgan fingerprint density at radius 2 is 1.95 bits per heavy atom. The van der Waals surface area contributed by atoms with E-state index in [0.29, 0.717) is 6.42 Å². The van der Waals surface area contributed by atoms with Gasteiger partial charge in [-0.25, -0.2) is 0 Å². The number of rotatable bonds is 5. The molecule has 2 rings (SSSR count). The highest BCUT2D eigenvalue weighted by atomic mass is 16.3. The summed E-state index contributed by atoms with van der Waals surface area (Å²) in [4.78, 5) is 12.2. The number of nitrogens with two attached hydrogens (primary N) is 1. The fraction of sp³-hybridized carbons (Fsp3) is 0.353. The Hall–Kier alpha value is -2.07. The van der Waals surface area contributed by atoms with Gasteiger partial charge in [0.05, 0.1) is 12.1 Å². The Morgan fingerprint density at radius 1 is 1.29 bits per heavy atom. The van der Waals surface area contributed by atoms with Crippen molar-refractivity contribution in [3.05, 3.63) is 59.0 Å². The molecule has 1 heterocycles. The standard InChI is InChI=1S/C17H22N2O2/c1-11-9-15(13(3)21-11)12(2)19-17(20)16(18)10-14-7-5-4-6-8-14/h4-9,12,16H,10,18H2,1-3H3,(H,19,20)/t12?,16-/m1/s1. The zero-order valence-corrected chi connectivity index (χ0v) is 12.7. The van der Waals surface area contributed by atoms with Crippen molar-refractivity contribution in [2.75, 3.05) is 0 Å². The van der Waals surface area contributed by atoms with E-state index >= 15 is 0 Å². The summed E-state index contributed by atoms with van der Waals surface area (Å²) in [7, 11) is 0. The molecule has 0 fully saturated rings. The minimum atomic E-state index is -0.553. The van der Waals surface area contributed by atoms with Gasteiger partial charge in [-0.1, -0.05) is 30.3 Å². The topological polar surface area (TPSA) is 68.3 Å². The quantitative estimate of drug-likeness (QED) is 0.888. The molecule has 0 radical (unpaired) electrons. The van der Waals surface area contributed by atoms with E-state index in [-0.39, 0.29) is 11.9 Å². The van der Waals surface area contributed by atoms with Crippen LogP contribution in [0.4, 0.5) is 0 Å². The lowest BCUT2D eigenvalue weighted by atomic mass is 10.0. The first kappa shape index (κ1) is 15.3. The van der Waals surface area contributed by atoms with Crippen molar-refractivity contribution in [3.63, 3.8) is 0 Å². The summed E-state index contributed by atoms with van der Waals surface area (Å²) in [6, 6.07) is 11.1. The number of aryl methyl sites for hydroxylation is 2. The number of carbonyl (C=O) groups excluding carboxylic acids is 1. The van der Waals surface area contributed by atoms with Gasteiger partial charge in [0, 0.05) is 5.56 Å². The highest BCUT2D eigenvalue weighted by Gasteiger charge is 2.19. The molecule has 1 aromatic heterocycles. The number of hydrogen-bond acceptors (Lipinski definition) is 3. The van der Waals surface area contributed by atoms with Crippen molar-refractivity contribution >= 4 is 5.91 Å². The van der Waals surface area contributed by atoms with Crippen molar-refractivity contribution in [1.29, 1.82) is 0 Å². The van der Waals surface area contributed by atoms with Crippen LogP contribution in [0.2, 0.25) is 0 Å². The highest BCUT2D eigenvalue weighted by molar-refractivity contribution is 5.82. The second-order valence-electron chi connectivity index (χ2n) is 5.40. The molecule has 0 aliphatic carbocycles. The summed E-state index contributed by atoms with van der Waals surface area (Å²) in [5.41, 5.74) is 8.04. The van der Waals surface area contributed by atoms with Gasteiger partial charge in [-0.15, -0.1) is 0 Å². The van der Waals surface area contributed by atoms with Crippen molar-refractivity contribution < 1.29 is 9.21 Å². The van der Waals surface area contributed by atoms with Crippen LogP contribution in [0.1, 0.15) is 35.6 Å². The van der Waals surface area contributed by atoms with E-state index in [1.165, 1.54) is 0 Å². The zero-order chi connectivity index (χ0) is 15.4. The molecule has 0 spiro atoms. The van der Waals surface area contributed by atoms with Crippen LogP contribution in [0.3, 0.4) is 0 Å². The average molecular weight is 286 g/mol. The second kappa shape index (κ2) is 6.59. The smallest absolute Gasteiger partial charge is 0.237 e. The predicted octanol–water partition coefficient (Wildman–Crippen LogP) is 2.64. The van der Waals surface area contributed by atoms with Gasteiger partial charge in [0.2, 0.25) is 5.91 Å². The Kier molecular flexibility index (Phi) is 4.81. The predicted molar refractivity (Wildman–Crippen MR) is 82.9 cm³/mol. The molecule has 0 saturated heterocycles. The third-order valence-corrected chi connectivity index (χ3v) is 3.54. The Labute approximate surface area is 125 Å². The largest absolute Gasteiger partial charge is 0.466 e. The lowest BCUT2D eigenvalue weighted by Crippen LogP contribution is -2.43. The molecule has 4 heteroatoms. The highest BCUT2D eigenvalue weighted by Crippen LogP contribution is 2.21. The van der Waals surface area contributed by atoms with Gasteiger partial charge in [0.25, 0.3) is 0 Å². The molecule has 112 valence electrons. The van der Waals surface area contributed by atoms with Crippen molar-refractivity contribution in [2.45, 2.75) is 39.3 Å². The molecule has 2 aromatic rings. The van der Waals surface area contributed by atoms with Crippen molar-refractivity contribution in [1.82, 2.24) is 5.32 Å². The van der Waals surface area contributed by atoms with E-state index in [4.69, 9.17) is 10.2 Å². The van der Waals surface area contributed by atoms with E-state index in [1.807, 2.05) is 57.2 Å². The van der Waals surface area contributed by atoms with E-state index in [1.54, 1.807) is 0 Å². The van der Waals surface area contributed by atoms with Crippen molar-refractivity contribution in [3.8, 4) is 0 Å². The van der Waals surface area contributed by atoms with E-state index in [9.17, 15) is 4.79 Å². The number of carbonyl (C=O) groups is 1. The van der Waals surface area contributed by atoms with Crippen LogP contribution in [0.5, 0.6) is 0 Å². The normalized spacial score (nSPS) is 13.7. The molecule has 0 aliphatic heterocycles. The summed E-state index contributed by atoms with van der Waals surface area (Å²) >= 11 is 0. The number of benzene rings is 1. The molecule has 2 atom stereocenters. The van der Waals surface area contributed by atoms with Crippen molar-refractivity contribution in [2.24, 2.45) is 5.73 Å². The van der Waals surface area contributed by atoms with Crippen LogP contribution in [0.25, 0.3) is 0 Å². The first-order chi connectivity index (χ1) is 9.97. The average Bonchev–Trinajstić information content (AvgIpc) is 2.78. The summed E-state index contributed by atoms with van der Waals surface area (Å²) < 4.78 is 5.49. The number of furan rings is 1. The van der Waals surface area contributed by atoms with E-state index < -0.39 is 6.04 Å². The van der Waals surface area contributed by atoms with E-state index in [2.05, 4.69) is 5.32 Å². The molecular formula is C17H22N2O2. The van der Waals surface area contributed by atoms with Gasteiger partial charge >= 0.3 is 0 Å². The summed E-state index contributed by atoms with van der Waals surface area (Å²) in [6.45, 7) is 5.73. The number of hydrogen-bond donors (Lipinski definition) is 2. The molecule has 3 N–H and O–H groups in total. The number of nitrogens with one attached hydrogen (secondary N) is 1. The van der Waals surface area contributed by atoms with Crippen LogP contribution >= 0.6 is 0 Å². The van der Waals surface area contributed by atoms with Crippen LogP contribution in [-0.4, -0.2) is 11.9 Å². The minimum absolute atomic E-state index is 0.114. The first-order valence-electron chi connectivity index (χ1n) is 7.14. The van der Waals surface area contributed by atoms with Crippen LogP contribution < -0.4 is 11.1 Å². The van der Waals surface area contributed by atoms with E-state index in [0.717, 1.165) is 22.6 Å². The maximum atomic E-state index is 12.2. The molecular weight excluding hydrogens is 264 g/mol. The summed E-state index contributed by atoms with van der Waals surface area (Å²) in [5, 5.41) is 2.95. The zero-order valence-electron chi connectivity index (χ0n) is 12.7. The molecule has 1 unspecified atom stereocenters. The third-order valence-electron chi connectivity index (χ3n) is 3.54. The first-order valence-corrected chi connectivity index (χ1v) is 7.14. The molecule has 1 aromatic carbocycles. The lowest BCUT2D eigenvalue weighted by Gasteiger charge is -2.17. The number of amides is 1. The second-order valence-corrected chi connectivity index (χ2v) is 5.40. The molecule has 0 bridgehead atoms. The lowest BCUT2D eigenvalue weighted by molar-refractivity contribution is -0.123. The molecule has 0 saturated carbocycles. The Bertz CT molecular complexity index is 605.